The fraction of sp³-hybridized carbons (Fsp3) is 0.471. The molecule has 0 heterocycles. The number of aliphatic hydroxyl groups is 1. The molecule has 1 aromatic rings. The lowest BCUT2D eigenvalue weighted by Crippen LogP contribution is -2.45. The van der Waals surface area contributed by atoms with Crippen molar-refractivity contribution >= 4 is 5.91 Å². The van der Waals surface area contributed by atoms with E-state index in [1.807, 2.05) is 36.4 Å². The number of aliphatic hydroxyl groups excluding tert-OH is 1. The van der Waals surface area contributed by atoms with Crippen molar-refractivity contribution < 1.29 is 9.90 Å². The van der Waals surface area contributed by atoms with Gasteiger partial charge in [-0.05, 0) is 18.4 Å². The molecule has 1 fully saturated rings. The normalized spacial score (nSPS) is 23.9. The number of allylic oxidation sites excluding steroid dienone is 1. The van der Waals surface area contributed by atoms with E-state index in [0.717, 1.165) is 31.2 Å². The van der Waals surface area contributed by atoms with Gasteiger partial charge in [-0.15, -0.1) is 6.58 Å². The van der Waals surface area contributed by atoms with Crippen molar-refractivity contribution in [3.63, 3.8) is 0 Å². The number of nitrogens with one attached hydrogen (secondary N) is 1. The summed E-state index contributed by atoms with van der Waals surface area (Å²) in [6.07, 6.45) is 5.58. The summed E-state index contributed by atoms with van der Waals surface area (Å²) in [5.74, 6) is 0.0154. The molecule has 2 N–H and O–H groups in total. The van der Waals surface area contributed by atoms with E-state index in [-0.39, 0.29) is 17.9 Å². The fourth-order valence-electron chi connectivity index (χ4n) is 2.78. The van der Waals surface area contributed by atoms with E-state index in [2.05, 4.69) is 11.9 Å². The molecule has 1 amide bonds. The molecule has 3 atom stereocenters. The predicted octanol–water partition coefficient (Wildman–Crippen LogP) is 2.77. The van der Waals surface area contributed by atoms with Crippen molar-refractivity contribution in [1.82, 2.24) is 5.32 Å². The van der Waals surface area contributed by atoms with Crippen LogP contribution in [-0.2, 0) is 4.79 Å². The van der Waals surface area contributed by atoms with Gasteiger partial charge in [0.2, 0.25) is 5.91 Å². The van der Waals surface area contributed by atoms with Gasteiger partial charge < -0.3 is 10.4 Å². The minimum atomic E-state index is -0.397. The maximum atomic E-state index is 12.1. The van der Waals surface area contributed by atoms with Gasteiger partial charge in [-0.3, -0.25) is 4.79 Å². The van der Waals surface area contributed by atoms with E-state index >= 15 is 0 Å². The molecule has 1 aliphatic carbocycles. The highest BCUT2D eigenvalue weighted by Gasteiger charge is 2.25. The molecule has 3 heteroatoms. The molecular weight excluding hydrogens is 250 g/mol. The number of hydrogen-bond donors (Lipinski definition) is 2. The Bertz CT molecular complexity index is 444. The molecular formula is C17H23NO2. The third-order valence-electron chi connectivity index (χ3n) is 3.99. The topological polar surface area (TPSA) is 49.3 Å². The number of rotatable bonds is 5. The number of amides is 1. The third-order valence-corrected chi connectivity index (χ3v) is 3.99. The average molecular weight is 273 g/mol. The van der Waals surface area contributed by atoms with Gasteiger partial charge in [0.05, 0.1) is 12.1 Å². The fourth-order valence-corrected chi connectivity index (χ4v) is 2.78. The van der Waals surface area contributed by atoms with Crippen LogP contribution >= 0.6 is 0 Å². The van der Waals surface area contributed by atoms with Crippen LogP contribution < -0.4 is 5.32 Å². The Morgan fingerprint density at radius 3 is 2.70 bits per heavy atom. The van der Waals surface area contributed by atoms with Crippen LogP contribution in [0.15, 0.2) is 43.0 Å². The van der Waals surface area contributed by atoms with Gasteiger partial charge >= 0.3 is 0 Å². The summed E-state index contributed by atoms with van der Waals surface area (Å²) in [5.41, 5.74) is 1.10. The number of carbonyl (C=O) groups excluding carboxylic acids is 1. The van der Waals surface area contributed by atoms with Gasteiger partial charge in [0, 0.05) is 12.3 Å². The van der Waals surface area contributed by atoms with Gasteiger partial charge in [0.1, 0.15) is 0 Å². The van der Waals surface area contributed by atoms with Crippen molar-refractivity contribution in [2.24, 2.45) is 0 Å². The van der Waals surface area contributed by atoms with E-state index in [1.165, 1.54) is 0 Å². The summed E-state index contributed by atoms with van der Waals surface area (Å²) >= 11 is 0. The van der Waals surface area contributed by atoms with Crippen molar-refractivity contribution in [3.05, 3.63) is 48.6 Å². The predicted molar refractivity (Wildman–Crippen MR) is 80.4 cm³/mol. The molecule has 1 aromatic carbocycles. The molecule has 0 aromatic heterocycles. The number of hydrogen-bond acceptors (Lipinski definition) is 2. The Balaban J connectivity index is 1.91. The first-order chi connectivity index (χ1) is 9.70. The molecule has 3 unspecified atom stereocenters. The van der Waals surface area contributed by atoms with Crippen molar-refractivity contribution in [2.75, 3.05) is 0 Å². The summed E-state index contributed by atoms with van der Waals surface area (Å²) < 4.78 is 0. The van der Waals surface area contributed by atoms with Crippen LogP contribution in [0.25, 0.3) is 0 Å². The summed E-state index contributed by atoms with van der Waals surface area (Å²) in [4.78, 5) is 12.1. The second-order valence-corrected chi connectivity index (χ2v) is 5.48. The molecule has 0 radical (unpaired) electrons. The van der Waals surface area contributed by atoms with Crippen LogP contribution in [0.4, 0.5) is 0 Å². The first kappa shape index (κ1) is 14.8. The number of carbonyl (C=O) groups is 1. The molecule has 1 saturated carbocycles. The second kappa shape index (κ2) is 7.25. The lowest BCUT2D eigenvalue weighted by atomic mass is 9.91. The van der Waals surface area contributed by atoms with E-state index in [0.29, 0.717) is 6.42 Å². The Morgan fingerprint density at radius 2 is 2.05 bits per heavy atom. The van der Waals surface area contributed by atoms with Gasteiger partial charge in [0.25, 0.3) is 0 Å². The van der Waals surface area contributed by atoms with Crippen molar-refractivity contribution in [1.29, 1.82) is 0 Å². The van der Waals surface area contributed by atoms with Crippen molar-refractivity contribution in [2.45, 2.75) is 50.2 Å². The van der Waals surface area contributed by atoms with Crippen LogP contribution in [0, 0.1) is 0 Å². The Morgan fingerprint density at radius 1 is 1.35 bits per heavy atom. The Labute approximate surface area is 120 Å². The highest BCUT2D eigenvalue weighted by molar-refractivity contribution is 5.77. The highest BCUT2D eigenvalue weighted by Crippen LogP contribution is 2.22. The summed E-state index contributed by atoms with van der Waals surface area (Å²) in [7, 11) is 0. The first-order valence-corrected chi connectivity index (χ1v) is 7.35. The van der Waals surface area contributed by atoms with E-state index in [1.54, 1.807) is 0 Å². The van der Waals surface area contributed by atoms with Crippen LogP contribution in [-0.4, -0.2) is 23.2 Å². The minimum absolute atomic E-state index is 0.00953. The van der Waals surface area contributed by atoms with Gasteiger partial charge in [-0.25, -0.2) is 0 Å². The molecule has 3 nitrogen and oxygen atoms in total. The molecule has 0 saturated heterocycles. The SMILES string of the molecule is C=CC(CC(=O)NC1CCCCC1O)c1ccccc1. The van der Waals surface area contributed by atoms with E-state index in [9.17, 15) is 9.90 Å². The first-order valence-electron chi connectivity index (χ1n) is 7.35. The zero-order valence-corrected chi connectivity index (χ0v) is 11.8. The standard InChI is InChI=1S/C17H23NO2/c1-2-13(14-8-4-3-5-9-14)12-17(20)18-15-10-6-7-11-16(15)19/h2-5,8-9,13,15-16,19H,1,6-7,10-12H2,(H,18,20). The lowest BCUT2D eigenvalue weighted by Gasteiger charge is -2.28. The highest BCUT2D eigenvalue weighted by atomic mass is 16.3. The van der Waals surface area contributed by atoms with Gasteiger partial charge in [0.15, 0.2) is 0 Å². The minimum Gasteiger partial charge on any atom is -0.391 e. The Hall–Kier alpha value is -1.61. The Kier molecular flexibility index (Phi) is 5.36. The summed E-state index contributed by atoms with van der Waals surface area (Å²) in [6.45, 7) is 3.82. The van der Waals surface area contributed by atoms with Crippen LogP contribution in [0.5, 0.6) is 0 Å². The van der Waals surface area contributed by atoms with E-state index < -0.39 is 6.10 Å². The third kappa shape index (κ3) is 3.94. The monoisotopic (exact) mass is 273 g/mol. The van der Waals surface area contributed by atoms with Crippen molar-refractivity contribution in [3.8, 4) is 0 Å². The number of benzene rings is 1. The zero-order valence-electron chi connectivity index (χ0n) is 11.8. The second-order valence-electron chi connectivity index (χ2n) is 5.48. The quantitative estimate of drug-likeness (QED) is 0.810. The lowest BCUT2D eigenvalue weighted by molar-refractivity contribution is -0.123. The average Bonchev–Trinajstić information content (AvgIpc) is 2.48. The zero-order chi connectivity index (χ0) is 14.4. The molecule has 1 aliphatic rings. The molecule has 0 aliphatic heterocycles. The largest absolute Gasteiger partial charge is 0.391 e. The van der Waals surface area contributed by atoms with Crippen LogP contribution in [0.1, 0.15) is 43.6 Å². The molecule has 0 bridgehead atoms. The smallest absolute Gasteiger partial charge is 0.221 e. The molecule has 2 rings (SSSR count). The molecule has 0 spiro atoms. The summed E-state index contributed by atoms with van der Waals surface area (Å²) in [6, 6.07) is 9.83. The maximum Gasteiger partial charge on any atom is 0.221 e. The van der Waals surface area contributed by atoms with E-state index in [4.69, 9.17) is 0 Å². The molecule has 108 valence electrons. The van der Waals surface area contributed by atoms with Gasteiger partial charge in [-0.2, -0.15) is 0 Å². The van der Waals surface area contributed by atoms with Gasteiger partial charge in [-0.1, -0.05) is 49.2 Å². The van der Waals surface area contributed by atoms with Crippen LogP contribution in [0.3, 0.4) is 0 Å². The maximum absolute atomic E-state index is 12.1. The summed E-state index contributed by atoms with van der Waals surface area (Å²) in [5, 5.41) is 12.9. The molecule has 20 heavy (non-hydrogen) atoms. The van der Waals surface area contributed by atoms with Crippen LogP contribution in [0.2, 0.25) is 0 Å².